The fourth-order valence-electron chi connectivity index (χ4n) is 3.36. The second kappa shape index (κ2) is 6.88. The SMILES string of the molecule is C[C@H]1S[C@H](c2cccc([N+](=O)[O-])c2)N(CC[NH+]2CCCC2)C1=O. The molecule has 0 unspecified atom stereocenters. The molecule has 2 aliphatic heterocycles. The summed E-state index contributed by atoms with van der Waals surface area (Å²) >= 11 is 1.58. The van der Waals surface area contributed by atoms with Crippen molar-refractivity contribution in [2.45, 2.75) is 30.4 Å². The van der Waals surface area contributed by atoms with Gasteiger partial charge < -0.3 is 9.80 Å². The summed E-state index contributed by atoms with van der Waals surface area (Å²) in [6.07, 6.45) is 2.53. The molecule has 2 fully saturated rings. The number of nitro groups is 1. The molecular formula is C16H22N3O3S+. The summed E-state index contributed by atoms with van der Waals surface area (Å²) in [6.45, 7) is 5.97. The molecule has 124 valence electrons. The molecule has 0 aliphatic carbocycles. The van der Waals surface area contributed by atoms with Crippen LogP contribution in [0.3, 0.4) is 0 Å². The molecular weight excluding hydrogens is 314 g/mol. The van der Waals surface area contributed by atoms with Gasteiger partial charge in [-0.25, -0.2) is 0 Å². The minimum atomic E-state index is -0.382. The standard InChI is InChI=1S/C16H21N3O3S/c1-12-15(20)18(10-9-17-7-2-3-8-17)16(23-12)13-5-4-6-14(11-13)19(21)22/h4-6,11-12,16H,2-3,7-10H2,1H3/p+1/t12-,16-/m1/s1. The van der Waals surface area contributed by atoms with Crippen LogP contribution in [0, 0.1) is 10.1 Å². The van der Waals surface area contributed by atoms with Gasteiger partial charge in [0.15, 0.2) is 0 Å². The van der Waals surface area contributed by atoms with Gasteiger partial charge >= 0.3 is 0 Å². The summed E-state index contributed by atoms with van der Waals surface area (Å²) in [5.74, 6) is 0.144. The van der Waals surface area contributed by atoms with Gasteiger partial charge in [0.25, 0.3) is 5.69 Å². The number of carbonyl (C=O) groups excluding carboxylic acids is 1. The van der Waals surface area contributed by atoms with Crippen LogP contribution in [0.4, 0.5) is 5.69 Å². The predicted octanol–water partition coefficient (Wildman–Crippen LogP) is 1.24. The normalized spacial score (nSPS) is 25.3. The number of benzene rings is 1. The lowest BCUT2D eigenvalue weighted by Crippen LogP contribution is -3.10. The van der Waals surface area contributed by atoms with E-state index in [0.717, 1.165) is 18.7 Å². The van der Waals surface area contributed by atoms with Gasteiger partial charge in [-0.1, -0.05) is 12.1 Å². The molecule has 2 saturated heterocycles. The lowest BCUT2D eigenvalue weighted by molar-refractivity contribution is -0.886. The van der Waals surface area contributed by atoms with Crippen LogP contribution < -0.4 is 4.90 Å². The van der Waals surface area contributed by atoms with Crippen molar-refractivity contribution in [2.75, 3.05) is 26.2 Å². The van der Waals surface area contributed by atoms with Crippen LogP contribution in [-0.2, 0) is 4.79 Å². The Balaban J connectivity index is 1.76. The number of nitrogens with zero attached hydrogens (tertiary/aromatic N) is 2. The molecule has 6 nitrogen and oxygen atoms in total. The number of quaternary nitrogens is 1. The highest BCUT2D eigenvalue weighted by molar-refractivity contribution is 8.01. The highest BCUT2D eigenvalue weighted by Crippen LogP contribution is 2.43. The third kappa shape index (κ3) is 3.50. The molecule has 7 heteroatoms. The zero-order chi connectivity index (χ0) is 16.4. The highest BCUT2D eigenvalue weighted by Gasteiger charge is 2.39. The van der Waals surface area contributed by atoms with Crippen molar-refractivity contribution >= 4 is 23.4 Å². The minimum Gasteiger partial charge on any atom is -0.333 e. The summed E-state index contributed by atoms with van der Waals surface area (Å²) in [4.78, 5) is 26.5. The van der Waals surface area contributed by atoms with Gasteiger partial charge in [-0.3, -0.25) is 14.9 Å². The second-order valence-electron chi connectivity index (χ2n) is 6.22. The van der Waals surface area contributed by atoms with E-state index in [-0.39, 0.29) is 27.1 Å². The molecule has 2 atom stereocenters. The Morgan fingerprint density at radius 2 is 2.13 bits per heavy atom. The first kappa shape index (κ1) is 16.3. The van der Waals surface area contributed by atoms with E-state index in [1.54, 1.807) is 28.8 Å². The first-order valence-electron chi connectivity index (χ1n) is 8.10. The Morgan fingerprint density at radius 1 is 1.39 bits per heavy atom. The molecule has 0 aromatic heterocycles. The zero-order valence-electron chi connectivity index (χ0n) is 13.2. The van der Waals surface area contributed by atoms with Crippen molar-refractivity contribution in [1.82, 2.24) is 4.90 Å². The van der Waals surface area contributed by atoms with Crippen molar-refractivity contribution in [3.63, 3.8) is 0 Å². The summed E-state index contributed by atoms with van der Waals surface area (Å²) in [6, 6.07) is 6.67. The zero-order valence-corrected chi connectivity index (χ0v) is 14.1. The fourth-order valence-corrected chi connectivity index (χ4v) is 4.65. The quantitative estimate of drug-likeness (QED) is 0.649. The molecule has 1 amide bonds. The van der Waals surface area contributed by atoms with Crippen molar-refractivity contribution < 1.29 is 14.6 Å². The van der Waals surface area contributed by atoms with Gasteiger partial charge in [-0.05, 0) is 12.5 Å². The molecule has 1 aromatic rings. The van der Waals surface area contributed by atoms with E-state index >= 15 is 0 Å². The van der Waals surface area contributed by atoms with Gasteiger partial charge in [-0.2, -0.15) is 0 Å². The third-order valence-electron chi connectivity index (χ3n) is 4.63. The molecule has 2 heterocycles. The second-order valence-corrected chi connectivity index (χ2v) is 7.65. The topological polar surface area (TPSA) is 67.9 Å². The minimum absolute atomic E-state index is 0.0835. The Labute approximate surface area is 140 Å². The number of non-ortho nitro benzene ring substituents is 1. The molecule has 3 rings (SSSR count). The van der Waals surface area contributed by atoms with E-state index in [9.17, 15) is 14.9 Å². The molecule has 1 N–H and O–H groups in total. The van der Waals surface area contributed by atoms with Crippen LogP contribution in [0.1, 0.15) is 30.7 Å². The number of hydrogen-bond donors (Lipinski definition) is 1. The lowest BCUT2D eigenvalue weighted by atomic mass is 10.2. The molecule has 0 saturated carbocycles. The van der Waals surface area contributed by atoms with Crippen LogP contribution in [0.2, 0.25) is 0 Å². The number of rotatable bonds is 5. The van der Waals surface area contributed by atoms with Crippen molar-refractivity contribution in [3.8, 4) is 0 Å². The average molecular weight is 336 g/mol. The van der Waals surface area contributed by atoms with Crippen LogP contribution >= 0.6 is 11.8 Å². The first-order valence-corrected chi connectivity index (χ1v) is 9.04. The number of carbonyl (C=O) groups is 1. The lowest BCUT2D eigenvalue weighted by Gasteiger charge is -2.25. The van der Waals surface area contributed by atoms with Gasteiger partial charge in [0.2, 0.25) is 5.91 Å². The Bertz CT molecular complexity index is 604. The fraction of sp³-hybridized carbons (Fsp3) is 0.562. The Hall–Kier alpha value is -1.60. The van der Waals surface area contributed by atoms with E-state index in [4.69, 9.17) is 0 Å². The van der Waals surface area contributed by atoms with Gasteiger partial charge in [-0.15, -0.1) is 11.8 Å². The largest absolute Gasteiger partial charge is 0.333 e. The Morgan fingerprint density at radius 3 is 2.83 bits per heavy atom. The highest BCUT2D eigenvalue weighted by atomic mass is 32.2. The van der Waals surface area contributed by atoms with Crippen molar-refractivity contribution in [2.24, 2.45) is 0 Å². The number of nitrogens with one attached hydrogen (secondary N) is 1. The van der Waals surface area contributed by atoms with E-state index < -0.39 is 0 Å². The van der Waals surface area contributed by atoms with Crippen LogP contribution in [0.5, 0.6) is 0 Å². The number of likely N-dealkylation sites (tertiary alicyclic amines) is 1. The Kier molecular flexibility index (Phi) is 4.87. The molecule has 2 aliphatic rings. The van der Waals surface area contributed by atoms with Crippen molar-refractivity contribution in [3.05, 3.63) is 39.9 Å². The molecule has 1 aromatic carbocycles. The molecule has 0 spiro atoms. The number of nitro benzene ring substituents is 1. The van der Waals surface area contributed by atoms with E-state index in [1.165, 1.54) is 32.0 Å². The van der Waals surface area contributed by atoms with E-state index in [2.05, 4.69) is 0 Å². The van der Waals surface area contributed by atoms with E-state index in [1.807, 2.05) is 17.9 Å². The van der Waals surface area contributed by atoms with Crippen LogP contribution in [-0.4, -0.2) is 47.2 Å². The summed E-state index contributed by atoms with van der Waals surface area (Å²) in [7, 11) is 0. The van der Waals surface area contributed by atoms with Crippen LogP contribution in [0.25, 0.3) is 0 Å². The maximum absolute atomic E-state index is 12.5. The van der Waals surface area contributed by atoms with Crippen LogP contribution in [0.15, 0.2) is 24.3 Å². The summed E-state index contributed by atoms with van der Waals surface area (Å²) < 4.78 is 0. The van der Waals surface area contributed by atoms with Gasteiger partial charge in [0.1, 0.15) is 5.37 Å². The average Bonchev–Trinajstić information content (AvgIpc) is 3.15. The third-order valence-corrected chi connectivity index (χ3v) is 6.02. The molecule has 0 bridgehead atoms. The van der Waals surface area contributed by atoms with Gasteiger partial charge in [0.05, 0.1) is 36.4 Å². The molecule has 0 radical (unpaired) electrons. The first-order chi connectivity index (χ1) is 11.1. The maximum Gasteiger partial charge on any atom is 0.269 e. The number of thioether (sulfide) groups is 1. The summed E-state index contributed by atoms with van der Waals surface area (Å²) in [5.41, 5.74) is 0.929. The monoisotopic (exact) mass is 336 g/mol. The van der Waals surface area contributed by atoms with E-state index in [0.29, 0.717) is 0 Å². The number of hydrogen-bond acceptors (Lipinski definition) is 4. The smallest absolute Gasteiger partial charge is 0.269 e. The number of amides is 1. The molecule has 23 heavy (non-hydrogen) atoms. The maximum atomic E-state index is 12.5. The van der Waals surface area contributed by atoms with Gasteiger partial charge in [0, 0.05) is 25.0 Å². The van der Waals surface area contributed by atoms with Crippen molar-refractivity contribution in [1.29, 1.82) is 0 Å². The summed E-state index contributed by atoms with van der Waals surface area (Å²) in [5, 5.41) is 10.8. The predicted molar refractivity (Wildman–Crippen MR) is 89.4 cm³/mol.